The fourth-order valence-corrected chi connectivity index (χ4v) is 6.32. The van der Waals surface area contributed by atoms with Crippen molar-refractivity contribution in [1.29, 1.82) is 0 Å². The summed E-state index contributed by atoms with van der Waals surface area (Å²) in [6.07, 6.45) is 9.14. The number of hydrogen-bond acceptors (Lipinski definition) is 2. The first-order valence-corrected chi connectivity index (χ1v) is 9.23. The van der Waals surface area contributed by atoms with Crippen molar-refractivity contribution in [1.82, 2.24) is 0 Å². The Morgan fingerprint density at radius 1 is 1.18 bits per heavy atom. The summed E-state index contributed by atoms with van der Waals surface area (Å²) in [6, 6.07) is 0. The number of aliphatic hydroxyl groups excluding tert-OH is 2. The van der Waals surface area contributed by atoms with Crippen LogP contribution in [0.2, 0.25) is 0 Å². The second-order valence-electron chi connectivity index (χ2n) is 9.26. The monoisotopic (exact) mass is 306 g/mol. The van der Waals surface area contributed by atoms with E-state index in [0.29, 0.717) is 16.7 Å². The van der Waals surface area contributed by atoms with Gasteiger partial charge in [0.05, 0.1) is 12.7 Å². The maximum atomic E-state index is 10.3. The largest absolute Gasteiger partial charge is 0.394 e. The van der Waals surface area contributed by atoms with E-state index in [4.69, 9.17) is 0 Å². The van der Waals surface area contributed by atoms with Gasteiger partial charge in [-0.1, -0.05) is 32.9 Å². The van der Waals surface area contributed by atoms with Gasteiger partial charge in [-0.3, -0.25) is 0 Å². The Kier molecular flexibility index (Phi) is 4.01. The number of allylic oxidation sites excluding steroid dienone is 1. The molecule has 3 rings (SSSR count). The van der Waals surface area contributed by atoms with E-state index in [-0.39, 0.29) is 12.0 Å². The van der Waals surface area contributed by atoms with Gasteiger partial charge < -0.3 is 10.2 Å². The van der Waals surface area contributed by atoms with E-state index in [9.17, 15) is 10.2 Å². The third kappa shape index (κ3) is 2.21. The molecule has 2 nitrogen and oxygen atoms in total. The lowest BCUT2D eigenvalue weighted by Gasteiger charge is -2.63. The average molecular weight is 306 g/mol. The van der Waals surface area contributed by atoms with Gasteiger partial charge in [-0.2, -0.15) is 0 Å². The van der Waals surface area contributed by atoms with Crippen molar-refractivity contribution in [3.05, 3.63) is 12.2 Å². The highest BCUT2D eigenvalue weighted by molar-refractivity contribution is 5.20. The second-order valence-corrected chi connectivity index (χ2v) is 9.26. The topological polar surface area (TPSA) is 40.5 Å². The molecule has 0 radical (unpaired) electrons. The minimum absolute atomic E-state index is 0.0989. The van der Waals surface area contributed by atoms with Crippen LogP contribution in [0.3, 0.4) is 0 Å². The molecule has 0 aromatic heterocycles. The van der Waals surface area contributed by atoms with E-state index in [1.807, 2.05) is 0 Å². The summed E-state index contributed by atoms with van der Waals surface area (Å²) in [6.45, 7) is 11.5. The molecule has 0 bridgehead atoms. The molecule has 0 spiro atoms. The van der Waals surface area contributed by atoms with Gasteiger partial charge in [0.15, 0.2) is 0 Å². The van der Waals surface area contributed by atoms with Crippen molar-refractivity contribution < 1.29 is 10.2 Å². The van der Waals surface area contributed by atoms with Crippen LogP contribution in [0.4, 0.5) is 0 Å². The zero-order valence-corrected chi connectivity index (χ0v) is 14.7. The lowest BCUT2D eigenvalue weighted by molar-refractivity contribution is -0.134. The Morgan fingerprint density at radius 3 is 2.59 bits per heavy atom. The molecule has 3 aliphatic rings. The van der Waals surface area contributed by atoms with Crippen LogP contribution >= 0.6 is 0 Å². The van der Waals surface area contributed by atoms with Gasteiger partial charge >= 0.3 is 0 Å². The van der Waals surface area contributed by atoms with Crippen LogP contribution < -0.4 is 0 Å². The molecule has 0 saturated heterocycles. The molecular formula is C20H34O2. The highest BCUT2D eigenvalue weighted by Crippen LogP contribution is 2.67. The highest BCUT2D eigenvalue weighted by Gasteiger charge is 2.58. The highest BCUT2D eigenvalue weighted by atomic mass is 16.3. The van der Waals surface area contributed by atoms with Gasteiger partial charge in [0.1, 0.15) is 0 Å². The first-order chi connectivity index (χ1) is 10.3. The standard InChI is InChI=1S/C20H34O2/c1-14-6-5-7-16-19(14,3)9-8-15-12-18(2,17(22)13-21)10-11-20(15,16)4/h15-17,21-22H,1,5-13H2,2-4H3/t15-,16-,17+,18-,19-,20-/m0/s1. The number of hydrogen-bond donors (Lipinski definition) is 2. The lowest BCUT2D eigenvalue weighted by atomic mass is 9.42. The van der Waals surface area contributed by atoms with E-state index in [1.54, 1.807) is 0 Å². The molecule has 22 heavy (non-hydrogen) atoms. The summed E-state index contributed by atoms with van der Waals surface area (Å²) in [7, 11) is 0. The van der Waals surface area contributed by atoms with E-state index in [2.05, 4.69) is 27.4 Å². The fraction of sp³-hybridized carbons (Fsp3) is 0.900. The first-order valence-electron chi connectivity index (χ1n) is 9.23. The van der Waals surface area contributed by atoms with Crippen molar-refractivity contribution in [2.75, 3.05) is 6.61 Å². The maximum Gasteiger partial charge on any atom is 0.0824 e. The summed E-state index contributed by atoms with van der Waals surface area (Å²) in [5.41, 5.74) is 2.13. The van der Waals surface area contributed by atoms with E-state index in [0.717, 1.165) is 18.8 Å². The van der Waals surface area contributed by atoms with E-state index in [1.165, 1.54) is 44.1 Å². The van der Waals surface area contributed by atoms with Gasteiger partial charge in [0.2, 0.25) is 0 Å². The van der Waals surface area contributed by atoms with Crippen molar-refractivity contribution in [3.63, 3.8) is 0 Å². The summed E-state index contributed by atoms with van der Waals surface area (Å²) < 4.78 is 0. The van der Waals surface area contributed by atoms with Crippen molar-refractivity contribution in [3.8, 4) is 0 Å². The SMILES string of the molecule is C=C1CCC[C@@H]2[C@@]3(C)CC[C@](C)([C@H](O)CO)C[C@@H]3CC[C@@]12C. The summed E-state index contributed by atoms with van der Waals surface area (Å²) in [4.78, 5) is 0. The normalized spacial score (nSPS) is 50.1. The molecule has 0 heterocycles. The molecule has 126 valence electrons. The smallest absolute Gasteiger partial charge is 0.0824 e. The van der Waals surface area contributed by atoms with Crippen LogP contribution in [-0.4, -0.2) is 22.9 Å². The van der Waals surface area contributed by atoms with Crippen LogP contribution in [0.15, 0.2) is 12.2 Å². The molecule has 2 heteroatoms. The van der Waals surface area contributed by atoms with Crippen molar-refractivity contribution in [2.45, 2.75) is 78.2 Å². The Balaban J connectivity index is 1.87. The summed E-state index contributed by atoms with van der Waals surface area (Å²) in [5.74, 6) is 1.45. The van der Waals surface area contributed by atoms with Gasteiger partial charge in [0, 0.05) is 0 Å². The Bertz CT molecular complexity index is 459. The number of aliphatic hydroxyl groups is 2. The average Bonchev–Trinajstić information content (AvgIpc) is 2.49. The van der Waals surface area contributed by atoms with Gasteiger partial charge in [-0.25, -0.2) is 0 Å². The van der Waals surface area contributed by atoms with Gasteiger partial charge in [-0.05, 0) is 79.4 Å². The minimum Gasteiger partial charge on any atom is -0.394 e. The van der Waals surface area contributed by atoms with Crippen LogP contribution in [0.25, 0.3) is 0 Å². The third-order valence-electron chi connectivity index (χ3n) is 8.21. The zero-order valence-electron chi connectivity index (χ0n) is 14.7. The molecule has 2 N–H and O–H groups in total. The first kappa shape index (κ1) is 16.5. The Labute approximate surface area is 136 Å². The molecule has 0 aromatic carbocycles. The molecule has 3 aliphatic carbocycles. The molecule has 3 saturated carbocycles. The van der Waals surface area contributed by atoms with Crippen LogP contribution in [0.1, 0.15) is 72.1 Å². The van der Waals surface area contributed by atoms with Crippen molar-refractivity contribution >= 4 is 0 Å². The fourth-order valence-electron chi connectivity index (χ4n) is 6.32. The Morgan fingerprint density at radius 2 is 1.91 bits per heavy atom. The lowest BCUT2D eigenvalue weighted by Crippen LogP contribution is -2.55. The third-order valence-corrected chi connectivity index (χ3v) is 8.21. The summed E-state index contributed by atoms with van der Waals surface area (Å²) in [5, 5.41) is 19.7. The van der Waals surface area contributed by atoms with Crippen LogP contribution in [-0.2, 0) is 0 Å². The molecule has 0 aromatic rings. The predicted molar refractivity (Wildman–Crippen MR) is 90.5 cm³/mol. The van der Waals surface area contributed by atoms with E-state index < -0.39 is 6.10 Å². The van der Waals surface area contributed by atoms with Crippen LogP contribution in [0.5, 0.6) is 0 Å². The molecule has 6 atom stereocenters. The minimum atomic E-state index is -0.563. The van der Waals surface area contributed by atoms with Gasteiger partial charge in [-0.15, -0.1) is 0 Å². The number of rotatable bonds is 2. The zero-order chi connectivity index (χ0) is 16.2. The molecular weight excluding hydrogens is 272 g/mol. The predicted octanol–water partition coefficient (Wildman–Crippen LogP) is 4.31. The quantitative estimate of drug-likeness (QED) is 0.746. The van der Waals surface area contributed by atoms with E-state index >= 15 is 0 Å². The maximum absolute atomic E-state index is 10.3. The molecule has 0 unspecified atom stereocenters. The molecule has 0 amide bonds. The number of fused-ring (bicyclic) bond motifs is 3. The second kappa shape index (κ2) is 5.34. The van der Waals surface area contributed by atoms with Gasteiger partial charge in [0.25, 0.3) is 0 Å². The molecule has 3 fully saturated rings. The molecule has 0 aliphatic heterocycles. The van der Waals surface area contributed by atoms with Crippen LogP contribution in [0, 0.1) is 28.1 Å². The van der Waals surface area contributed by atoms with Crippen molar-refractivity contribution in [2.24, 2.45) is 28.1 Å². The summed E-state index contributed by atoms with van der Waals surface area (Å²) >= 11 is 0. The Hall–Kier alpha value is -0.340.